The molecule has 2 saturated carbocycles. The third kappa shape index (κ3) is 4.96. The zero-order valence-corrected chi connectivity index (χ0v) is 31.9. The Labute approximate surface area is 334 Å². The Hall–Kier alpha value is -6.64. The van der Waals surface area contributed by atoms with Crippen molar-refractivity contribution in [3.63, 3.8) is 0 Å². The molecule has 2 heteroatoms. The Morgan fingerprint density at radius 1 is 0.439 bits per heavy atom. The highest BCUT2D eigenvalue weighted by Crippen LogP contribution is 2.65. The lowest BCUT2D eigenvalue weighted by molar-refractivity contribution is 0.327. The van der Waals surface area contributed by atoms with E-state index in [9.17, 15) is 0 Å². The predicted octanol–water partition coefficient (Wildman–Crippen LogP) is 14.7. The molecule has 9 aromatic rings. The smallest absolute Gasteiger partial charge is 0.0541 e. The first-order valence-corrected chi connectivity index (χ1v) is 20.6. The van der Waals surface area contributed by atoms with Crippen molar-refractivity contribution in [3.8, 4) is 39.1 Å². The molecule has 12 rings (SSSR count). The van der Waals surface area contributed by atoms with Gasteiger partial charge < -0.3 is 9.47 Å². The summed E-state index contributed by atoms with van der Waals surface area (Å²) in [6.07, 6.45) is 5.45. The molecule has 3 aliphatic carbocycles. The second-order valence-electron chi connectivity index (χ2n) is 16.5. The van der Waals surface area contributed by atoms with Crippen molar-refractivity contribution < 1.29 is 0 Å². The van der Waals surface area contributed by atoms with Gasteiger partial charge in [-0.05, 0) is 142 Å². The predicted molar refractivity (Wildman–Crippen MR) is 238 cm³/mol. The van der Waals surface area contributed by atoms with Crippen LogP contribution in [0.25, 0.3) is 60.9 Å². The largest absolute Gasteiger partial charge is 0.311 e. The summed E-state index contributed by atoms with van der Waals surface area (Å²) < 4.78 is 2.39. The molecule has 0 N–H and O–H groups in total. The molecular formula is C55H42N2. The first-order chi connectivity index (χ1) is 28.2. The van der Waals surface area contributed by atoms with Crippen molar-refractivity contribution >= 4 is 38.9 Å². The molecule has 1 aromatic heterocycles. The third-order valence-corrected chi connectivity index (χ3v) is 13.7. The third-order valence-electron chi connectivity index (χ3n) is 13.7. The molecular weight excluding hydrogens is 689 g/mol. The maximum Gasteiger partial charge on any atom is 0.0541 e. The van der Waals surface area contributed by atoms with Crippen LogP contribution in [0.15, 0.2) is 194 Å². The highest BCUT2D eigenvalue weighted by Gasteiger charge is 2.56. The molecule has 3 atom stereocenters. The van der Waals surface area contributed by atoms with Crippen LogP contribution in [0, 0.1) is 11.8 Å². The molecule has 0 aliphatic heterocycles. The Morgan fingerprint density at radius 2 is 0.965 bits per heavy atom. The van der Waals surface area contributed by atoms with Gasteiger partial charge >= 0.3 is 0 Å². The summed E-state index contributed by atoms with van der Waals surface area (Å²) in [7, 11) is 0. The fourth-order valence-corrected chi connectivity index (χ4v) is 11.2. The lowest BCUT2D eigenvalue weighted by Crippen LogP contribution is -2.31. The highest BCUT2D eigenvalue weighted by molar-refractivity contribution is 6.09. The van der Waals surface area contributed by atoms with Crippen molar-refractivity contribution in [1.29, 1.82) is 0 Å². The van der Waals surface area contributed by atoms with E-state index in [0.717, 1.165) is 34.6 Å². The molecule has 2 fully saturated rings. The maximum atomic E-state index is 2.55. The molecule has 1 heterocycles. The van der Waals surface area contributed by atoms with Crippen molar-refractivity contribution in [3.05, 3.63) is 205 Å². The van der Waals surface area contributed by atoms with Gasteiger partial charge in [-0.15, -0.1) is 0 Å². The van der Waals surface area contributed by atoms with Crippen molar-refractivity contribution in [2.24, 2.45) is 11.8 Å². The van der Waals surface area contributed by atoms with E-state index in [2.05, 4.69) is 204 Å². The summed E-state index contributed by atoms with van der Waals surface area (Å²) >= 11 is 0. The van der Waals surface area contributed by atoms with Crippen LogP contribution in [0.2, 0.25) is 0 Å². The highest BCUT2D eigenvalue weighted by atomic mass is 15.1. The van der Waals surface area contributed by atoms with Crippen LogP contribution in [-0.4, -0.2) is 4.57 Å². The van der Waals surface area contributed by atoms with E-state index in [4.69, 9.17) is 0 Å². The molecule has 57 heavy (non-hydrogen) atoms. The van der Waals surface area contributed by atoms with Crippen LogP contribution in [0.5, 0.6) is 0 Å². The van der Waals surface area contributed by atoms with E-state index < -0.39 is 0 Å². The summed E-state index contributed by atoms with van der Waals surface area (Å²) in [5.74, 6) is 1.62. The van der Waals surface area contributed by atoms with E-state index in [1.807, 2.05) is 0 Å². The van der Waals surface area contributed by atoms with Crippen LogP contribution < -0.4 is 4.90 Å². The normalized spacial score (nSPS) is 19.0. The van der Waals surface area contributed by atoms with Gasteiger partial charge in [0.15, 0.2) is 0 Å². The monoisotopic (exact) mass is 730 g/mol. The summed E-state index contributed by atoms with van der Waals surface area (Å²) in [6, 6.07) is 72.0. The summed E-state index contributed by atoms with van der Waals surface area (Å²) in [6.45, 7) is 0. The fourth-order valence-electron chi connectivity index (χ4n) is 11.2. The average molecular weight is 731 g/mol. The molecule has 0 amide bonds. The van der Waals surface area contributed by atoms with Gasteiger partial charge in [-0.25, -0.2) is 0 Å². The second-order valence-corrected chi connectivity index (χ2v) is 16.5. The van der Waals surface area contributed by atoms with Gasteiger partial charge in [0.05, 0.1) is 11.0 Å². The minimum absolute atomic E-state index is 0.179. The van der Waals surface area contributed by atoms with Gasteiger partial charge in [-0.3, -0.25) is 0 Å². The first-order valence-electron chi connectivity index (χ1n) is 20.6. The van der Waals surface area contributed by atoms with Gasteiger partial charge in [0.25, 0.3) is 0 Å². The molecule has 0 saturated heterocycles. The van der Waals surface area contributed by atoms with Gasteiger partial charge in [0.2, 0.25) is 0 Å². The summed E-state index contributed by atoms with van der Waals surface area (Å²) in [5, 5.41) is 2.55. The van der Waals surface area contributed by atoms with E-state index in [0.29, 0.717) is 0 Å². The Kier molecular flexibility index (Phi) is 7.26. The Bertz CT molecular complexity index is 2900. The number of hydrogen-bond acceptors (Lipinski definition) is 1. The number of rotatable bonds is 6. The molecule has 272 valence electrons. The molecule has 2 nitrogen and oxygen atoms in total. The lowest BCUT2D eigenvalue weighted by atomic mass is 9.66. The number of hydrogen-bond donors (Lipinski definition) is 0. The number of para-hydroxylation sites is 2. The van der Waals surface area contributed by atoms with Crippen LogP contribution in [0.1, 0.15) is 36.8 Å². The van der Waals surface area contributed by atoms with E-state index >= 15 is 0 Å². The summed E-state index contributed by atoms with van der Waals surface area (Å²) in [5.41, 5.74) is 18.2. The average Bonchev–Trinajstić information content (AvgIpc) is 4.05. The number of benzene rings is 8. The fraction of sp³-hybridized carbons (Fsp3) is 0.127. The zero-order chi connectivity index (χ0) is 37.5. The summed E-state index contributed by atoms with van der Waals surface area (Å²) in [4.78, 5) is 2.39. The standard InChI is InChI=1S/C55H42N2/c1-2-10-38(11-3-1)39-19-25-43(26-20-39)56(45-29-31-46(32-30-45)57-53-16-8-5-13-49(53)50-14-6-9-17-54(50)57)44-27-21-40(22-28-44)41-23-33-48-47-12-4-7-15-51(47)55(52(48)35-41)36-37-18-24-42(55)34-37/h1-17,19-23,25-33,35,37,42H,18,24,34,36H2. The maximum absolute atomic E-state index is 2.55. The zero-order valence-electron chi connectivity index (χ0n) is 31.9. The van der Waals surface area contributed by atoms with Crippen LogP contribution in [-0.2, 0) is 5.41 Å². The molecule has 3 aliphatic rings. The Morgan fingerprint density at radius 3 is 1.60 bits per heavy atom. The molecule has 2 bridgehead atoms. The van der Waals surface area contributed by atoms with Crippen LogP contribution >= 0.6 is 0 Å². The van der Waals surface area contributed by atoms with Crippen molar-refractivity contribution in [2.45, 2.75) is 31.1 Å². The minimum atomic E-state index is 0.179. The SMILES string of the molecule is c1ccc(-c2ccc(N(c3ccc(-c4ccc5c(c4)C4(CC6CCC4C6)c4ccccc4-5)cc3)c3ccc(-n4c5ccccc5c5ccccc54)cc3)cc2)cc1. The van der Waals surface area contributed by atoms with Gasteiger partial charge in [-0.1, -0.05) is 134 Å². The van der Waals surface area contributed by atoms with E-state index in [-0.39, 0.29) is 5.41 Å². The first kappa shape index (κ1) is 32.6. The molecule has 3 unspecified atom stereocenters. The second kappa shape index (κ2) is 12.7. The van der Waals surface area contributed by atoms with Gasteiger partial charge in [0.1, 0.15) is 0 Å². The molecule has 8 aromatic carbocycles. The van der Waals surface area contributed by atoms with Crippen molar-refractivity contribution in [1.82, 2.24) is 4.57 Å². The van der Waals surface area contributed by atoms with Crippen LogP contribution in [0.3, 0.4) is 0 Å². The number of fused-ring (bicyclic) bond motifs is 11. The topological polar surface area (TPSA) is 8.17 Å². The molecule has 0 radical (unpaired) electrons. The van der Waals surface area contributed by atoms with E-state index in [1.54, 1.807) is 11.1 Å². The van der Waals surface area contributed by atoms with Gasteiger partial charge in [0, 0.05) is 38.9 Å². The number of aromatic nitrogens is 1. The van der Waals surface area contributed by atoms with Crippen LogP contribution in [0.4, 0.5) is 17.1 Å². The lowest BCUT2D eigenvalue weighted by Gasteiger charge is -2.36. The van der Waals surface area contributed by atoms with E-state index in [1.165, 1.54) is 80.9 Å². The van der Waals surface area contributed by atoms with Gasteiger partial charge in [-0.2, -0.15) is 0 Å². The number of anilines is 3. The number of nitrogens with zero attached hydrogens (tertiary/aromatic N) is 2. The quantitative estimate of drug-likeness (QED) is 0.165. The van der Waals surface area contributed by atoms with Crippen molar-refractivity contribution in [2.75, 3.05) is 4.90 Å². The minimum Gasteiger partial charge on any atom is -0.311 e. The Balaban J connectivity index is 0.935. The molecule has 1 spiro atoms.